The number of nitrogens with one attached hydrogen (secondary N) is 1. The molecule has 0 atom stereocenters. The average Bonchev–Trinajstić information content (AvgIpc) is 2.95. The summed E-state index contributed by atoms with van der Waals surface area (Å²) >= 11 is 0. The lowest BCUT2D eigenvalue weighted by atomic mass is 10.3. The van der Waals surface area contributed by atoms with Gasteiger partial charge in [-0.25, -0.2) is 9.07 Å². The van der Waals surface area contributed by atoms with Crippen molar-refractivity contribution in [3.63, 3.8) is 0 Å². The number of nitrogens with zero attached hydrogens (tertiary/aromatic N) is 4. The predicted molar refractivity (Wildman–Crippen MR) is 73.8 cm³/mol. The van der Waals surface area contributed by atoms with Crippen LogP contribution in [0.1, 0.15) is 5.69 Å². The van der Waals surface area contributed by atoms with Gasteiger partial charge < -0.3 is 5.32 Å². The van der Waals surface area contributed by atoms with E-state index < -0.39 is 17.7 Å². The number of hydrogen-bond acceptors (Lipinski definition) is 4. The molecule has 0 spiro atoms. The highest BCUT2D eigenvalue weighted by atomic mass is 19.4. The van der Waals surface area contributed by atoms with Gasteiger partial charge in [-0.2, -0.15) is 18.3 Å². The Balaban J connectivity index is 1.78. The van der Waals surface area contributed by atoms with Crippen LogP contribution in [0, 0.1) is 5.82 Å². The van der Waals surface area contributed by atoms with Crippen LogP contribution in [0.2, 0.25) is 0 Å². The van der Waals surface area contributed by atoms with Crippen molar-refractivity contribution < 1.29 is 17.6 Å². The SMILES string of the molecule is Fc1ccccc1-n1cc(Nc2ccc(C(F)(F)F)nn2)cn1. The summed E-state index contributed by atoms with van der Waals surface area (Å²) in [7, 11) is 0. The van der Waals surface area contributed by atoms with Crippen LogP contribution in [-0.2, 0) is 6.18 Å². The molecular weight excluding hydrogens is 314 g/mol. The number of alkyl halides is 3. The van der Waals surface area contributed by atoms with Crippen LogP contribution in [0.4, 0.5) is 29.1 Å². The Hall–Kier alpha value is -2.97. The first kappa shape index (κ1) is 14.9. The van der Waals surface area contributed by atoms with E-state index in [4.69, 9.17) is 0 Å². The zero-order valence-electron chi connectivity index (χ0n) is 11.4. The monoisotopic (exact) mass is 323 g/mol. The van der Waals surface area contributed by atoms with E-state index >= 15 is 0 Å². The second-order valence-electron chi connectivity index (χ2n) is 4.55. The summed E-state index contributed by atoms with van der Waals surface area (Å²) in [6.45, 7) is 0. The van der Waals surface area contributed by atoms with E-state index in [1.165, 1.54) is 23.1 Å². The number of aromatic nitrogens is 4. The Kier molecular flexibility index (Phi) is 3.68. The van der Waals surface area contributed by atoms with E-state index in [9.17, 15) is 17.6 Å². The third kappa shape index (κ3) is 3.28. The van der Waals surface area contributed by atoms with Gasteiger partial charge >= 0.3 is 6.18 Å². The second-order valence-corrected chi connectivity index (χ2v) is 4.55. The van der Waals surface area contributed by atoms with Gasteiger partial charge in [0, 0.05) is 0 Å². The zero-order chi connectivity index (χ0) is 16.4. The predicted octanol–water partition coefficient (Wildman–Crippen LogP) is 3.56. The van der Waals surface area contributed by atoms with Gasteiger partial charge in [-0.15, -0.1) is 10.2 Å². The molecule has 3 rings (SSSR count). The van der Waals surface area contributed by atoms with Crippen LogP contribution in [0.15, 0.2) is 48.8 Å². The molecule has 2 heterocycles. The molecule has 0 saturated heterocycles. The Morgan fingerprint density at radius 1 is 1.00 bits per heavy atom. The van der Waals surface area contributed by atoms with Crippen LogP contribution in [0.3, 0.4) is 0 Å². The van der Waals surface area contributed by atoms with Crippen molar-refractivity contribution in [1.29, 1.82) is 0 Å². The normalized spacial score (nSPS) is 11.5. The van der Waals surface area contributed by atoms with Crippen molar-refractivity contribution >= 4 is 11.5 Å². The molecule has 0 unspecified atom stereocenters. The molecule has 1 N–H and O–H groups in total. The number of benzene rings is 1. The van der Waals surface area contributed by atoms with Gasteiger partial charge in [0.05, 0.1) is 18.1 Å². The van der Waals surface area contributed by atoms with Crippen molar-refractivity contribution in [2.45, 2.75) is 6.18 Å². The average molecular weight is 323 g/mol. The molecule has 118 valence electrons. The van der Waals surface area contributed by atoms with Crippen molar-refractivity contribution in [2.75, 3.05) is 5.32 Å². The molecule has 3 aromatic rings. The number of anilines is 2. The maximum Gasteiger partial charge on any atom is 0.435 e. The van der Waals surface area contributed by atoms with E-state index in [2.05, 4.69) is 20.6 Å². The molecule has 0 aliphatic heterocycles. The topological polar surface area (TPSA) is 55.6 Å². The van der Waals surface area contributed by atoms with E-state index in [1.807, 2.05) is 0 Å². The minimum Gasteiger partial charge on any atom is -0.336 e. The standard InChI is InChI=1S/C14H9F4N5/c15-10-3-1-2-4-11(10)23-8-9(7-19-23)20-13-6-5-12(21-22-13)14(16,17)18/h1-8H,(H,20,22). The van der Waals surface area contributed by atoms with Crippen molar-refractivity contribution in [2.24, 2.45) is 0 Å². The van der Waals surface area contributed by atoms with Crippen LogP contribution in [0.25, 0.3) is 5.69 Å². The van der Waals surface area contributed by atoms with Gasteiger partial charge in [-0.05, 0) is 24.3 Å². The smallest absolute Gasteiger partial charge is 0.336 e. The Morgan fingerprint density at radius 2 is 1.78 bits per heavy atom. The summed E-state index contributed by atoms with van der Waals surface area (Å²) in [5.74, 6) is -0.331. The first-order valence-corrected chi connectivity index (χ1v) is 6.41. The summed E-state index contributed by atoms with van der Waals surface area (Å²) in [6.07, 6.45) is -1.66. The van der Waals surface area contributed by atoms with E-state index in [-0.39, 0.29) is 11.5 Å². The number of rotatable bonds is 3. The molecular formula is C14H9F4N5. The van der Waals surface area contributed by atoms with E-state index in [0.29, 0.717) is 5.69 Å². The molecule has 0 saturated carbocycles. The van der Waals surface area contributed by atoms with Crippen LogP contribution >= 0.6 is 0 Å². The number of para-hydroxylation sites is 1. The molecule has 0 amide bonds. The summed E-state index contributed by atoms with van der Waals surface area (Å²) in [4.78, 5) is 0. The fraction of sp³-hybridized carbons (Fsp3) is 0.0714. The Labute approximate surface area is 127 Å². The largest absolute Gasteiger partial charge is 0.435 e. The first-order chi connectivity index (χ1) is 10.9. The van der Waals surface area contributed by atoms with Gasteiger partial charge in [-0.1, -0.05) is 12.1 Å². The highest BCUT2D eigenvalue weighted by molar-refractivity contribution is 5.54. The Morgan fingerprint density at radius 3 is 2.43 bits per heavy atom. The first-order valence-electron chi connectivity index (χ1n) is 6.41. The van der Waals surface area contributed by atoms with E-state index in [0.717, 1.165) is 12.1 Å². The summed E-state index contributed by atoms with van der Waals surface area (Å²) < 4.78 is 52.2. The van der Waals surface area contributed by atoms with Crippen molar-refractivity contribution in [3.8, 4) is 5.69 Å². The summed E-state index contributed by atoms with van der Waals surface area (Å²) in [6, 6.07) is 8.02. The molecule has 9 heteroatoms. The lowest BCUT2D eigenvalue weighted by Gasteiger charge is -2.06. The molecule has 1 aromatic carbocycles. The lowest BCUT2D eigenvalue weighted by Crippen LogP contribution is -2.09. The van der Waals surface area contributed by atoms with Gasteiger partial charge in [-0.3, -0.25) is 0 Å². The molecule has 2 aromatic heterocycles. The van der Waals surface area contributed by atoms with Gasteiger partial charge in [0.1, 0.15) is 11.5 Å². The third-order valence-electron chi connectivity index (χ3n) is 2.91. The summed E-state index contributed by atoms with van der Waals surface area (Å²) in [5, 5.41) is 13.3. The van der Waals surface area contributed by atoms with Crippen LogP contribution in [-0.4, -0.2) is 20.0 Å². The lowest BCUT2D eigenvalue weighted by molar-refractivity contribution is -0.141. The van der Waals surface area contributed by atoms with Gasteiger partial charge in [0.15, 0.2) is 11.5 Å². The van der Waals surface area contributed by atoms with Crippen LogP contribution in [0.5, 0.6) is 0 Å². The van der Waals surface area contributed by atoms with Crippen molar-refractivity contribution in [1.82, 2.24) is 20.0 Å². The quantitative estimate of drug-likeness (QED) is 0.749. The highest BCUT2D eigenvalue weighted by Gasteiger charge is 2.32. The molecule has 0 bridgehead atoms. The van der Waals surface area contributed by atoms with Gasteiger partial charge in [0.2, 0.25) is 0 Å². The summed E-state index contributed by atoms with van der Waals surface area (Å²) in [5.41, 5.74) is -0.397. The second kappa shape index (κ2) is 5.67. The number of halogens is 4. The maximum atomic E-state index is 13.7. The van der Waals surface area contributed by atoms with Gasteiger partial charge in [0.25, 0.3) is 0 Å². The molecule has 0 aliphatic carbocycles. The molecule has 0 aliphatic rings. The third-order valence-corrected chi connectivity index (χ3v) is 2.91. The number of hydrogen-bond donors (Lipinski definition) is 1. The fourth-order valence-corrected chi connectivity index (χ4v) is 1.85. The fourth-order valence-electron chi connectivity index (χ4n) is 1.85. The van der Waals surface area contributed by atoms with E-state index in [1.54, 1.807) is 18.2 Å². The van der Waals surface area contributed by atoms with Crippen molar-refractivity contribution in [3.05, 3.63) is 60.3 Å². The highest BCUT2D eigenvalue weighted by Crippen LogP contribution is 2.27. The molecule has 0 radical (unpaired) electrons. The molecule has 5 nitrogen and oxygen atoms in total. The molecule has 0 fully saturated rings. The minimum atomic E-state index is -4.54. The molecule has 23 heavy (non-hydrogen) atoms. The van der Waals surface area contributed by atoms with Crippen LogP contribution < -0.4 is 5.32 Å². The Bertz CT molecular complexity index is 811. The zero-order valence-corrected chi connectivity index (χ0v) is 11.4. The maximum absolute atomic E-state index is 13.7. The minimum absolute atomic E-state index is 0.117.